The molecule has 0 radical (unpaired) electrons. The van der Waals surface area contributed by atoms with Gasteiger partial charge in [-0.3, -0.25) is 0 Å². The van der Waals surface area contributed by atoms with Gasteiger partial charge in [0.25, 0.3) is 0 Å². The van der Waals surface area contributed by atoms with E-state index in [2.05, 4.69) is 15.6 Å². The van der Waals surface area contributed by atoms with Crippen LogP contribution in [0.5, 0.6) is 5.75 Å². The van der Waals surface area contributed by atoms with Gasteiger partial charge in [-0.1, -0.05) is 0 Å². The summed E-state index contributed by atoms with van der Waals surface area (Å²) in [6.45, 7) is 2.42. The molecule has 2 N–H and O–H groups in total. The molecule has 2 rings (SSSR count). The van der Waals surface area contributed by atoms with Crippen molar-refractivity contribution in [3.05, 3.63) is 40.9 Å². The molecule has 0 amide bonds. The van der Waals surface area contributed by atoms with E-state index in [0.29, 0.717) is 23.4 Å². The number of hydrogen-bond acceptors (Lipinski definition) is 4. The van der Waals surface area contributed by atoms with Crippen LogP contribution in [0, 0.1) is 11.6 Å². The molecule has 0 saturated carbocycles. The number of nitrogens with one attached hydrogen (secondary N) is 2. The number of ether oxygens (including phenoxy) is 1. The van der Waals surface area contributed by atoms with Crippen LogP contribution in [0.3, 0.4) is 0 Å². The van der Waals surface area contributed by atoms with Gasteiger partial charge in [0, 0.05) is 35.8 Å². The molecule has 22 heavy (non-hydrogen) atoms. The molecule has 0 spiro atoms. The summed E-state index contributed by atoms with van der Waals surface area (Å²) < 4.78 is 32.8. The van der Waals surface area contributed by atoms with Gasteiger partial charge in [-0.15, -0.1) is 11.3 Å². The number of hydrogen-bond donors (Lipinski definition) is 2. The van der Waals surface area contributed by atoms with Gasteiger partial charge in [-0.05, 0) is 25.6 Å². The topological polar surface area (TPSA) is 46.2 Å². The first-order valence-electron chi connectivity index (χ1n) is 6.65. The number of rotatable bonds is 6. The molecule has 0 bridgehead atoms. The van der Waals surface area contributed by atoms with Crippen LogP contribution in [0.4, 0.5) is 13.9 Å². The minimum Gasteiger partial charge on any atom is -0.494 e. The monoisotopic (exact) mass is 343 g/mol. The first-order chi connectivity index (χ1) is 10.6. The number of anilines is 1. The van der Waals surface area contributed by atoms with Crippen molar-refractivity contribution in [3.63, 3.8) is 0 Å². The van der Waals surface area contributed by atoms with Gasteiger partial charge in [0.2, 0.25) is 0 Å². The number of thiazole rings is 1. The zero-order chi connectivity index (χ0) is 15.9. The van der Waals surface area contributed by atoms with Crippen molar-refractivity contribution in [2.24, 2.45) is 0 Å². The number of benzene rings is 1. The molecule has 0 aliphatic rings. The standard InChI is InChI=1S/C14H15F2N3OS2/c1-2-20-9-7-11(15)10(12(16)8-9)3-4-17-13(21)19-14-18-5-6-22-14/h5-8H,2-4H2,1H3,(H2,17,18,19,21). The maximum Gasteiger partial charge on any atom is 0.188 e. The summed E-state index contributed by atoms with van der Waals surface area (Å²) >= 11 is 6.48. The van der Waals surface area contributed by atoms with Crippen molar-refractivity contribution in [1.82, 2.24) is 10.3 Å². The Balaban J connectivity index is 1.87. The van der Waals surface area contributed by atoms with Gasteiger partial charge in [0.15, 0.2) is 10.2 Å². The highest BCUT2D eigenvalue weighted by Gasteiger charge is 2.12. The fourth-order valence-electron chi connectivity index (χ4n) is 1.80. The summed E-state index contributed by atoms with van der Waals surface area (Å²) in [7, 11) is 0. The Hall–Kier alpha value is -1.80. The van der Waals surface area contributed by atoms with E-state index in [1.54, 1.807) is 13.1 Å². The predicted molar refractivity (Wildman–Crippen MR) is 87.6 cm³/mol. The Morgan fingerprint density at radius 3 is 2.68 bits per heavy atom. The minimum atomic E-state index is -0.621. The molecule has 1 aromatic carbocycles. The van der Waals surface area contributed by atoms with Crippen LogP contribution in [0.2, 0.25) is 0 Å². The highest BCUT2D eigenvalue weighted by molar-refractivity contribution is 7.80. The van der Waals surface area contributed by atoms with Crippen LogP contribution in [0.15, 0.2) is 23.7 Å². The average Bonchev–Trinajstić information content (AvgIpc) is 2.95. The number of nitrogens with zero attached hydrogens (tertiary/aromatic N) is 1. The lowest BCUT2D eigenvalue weighted by molar-refractivity contribution is 0.335. The van der Waals surface area contributed by atoms with E-state index < -0.39 is 11.6 Å². The third-order valence-electron chi connectivity index (χ3n) is 2.74. The fraction of sp³-hybridized carbons (Fsp3) is 0.286. The van der Waals surface area contributed by atoms with Crippen LogP contribution < -0.4 is 15.4 Å². The second-order valence-corrected chi connectivity index (χ2v) is 5.57. The summed E-state index contributed by atoms with van der Waals surface area (Å²) in [5.41, 5.74) is 0.00741. The third kappa shape index (κ3) is 4.60. The molecule has 0 aliphatic heterocycles. The smallest absolute Gasteiger partial charge is 0.188 e. The maximum atomic E-state index is 13.9. The molecular weight excluding hydrogens is 328 g/mol. The number of halogens is 2. The van der Waals surface area contributed by atoms with E-state index in [1.165, 1.54) is 23.5 Å². The maximum absolute atomic E-state index is 13.9. The fourth-order valence-corrected chi connectivity index (χ4v) is 2.59. The molecular formula is C14H15F2N3OS2. The van der Waals surface area contributed by atoms with E-state index in [0.717, 1.165) is 0 Å². The van der Waals surface area contributed by atoms with Crippen molar-refractivity contribution in [1.29, 1.82) is 0 Å². The van der Waals surface area contributed by atoms with Gasteiger partial charge >= 0.3 is 0 Å². The summed E-state index contributed by atoms with van der Waals surface area (Å²) in [6, 6.07) is 2.38. The molecule has 1 heterocycles. The van der Waals surface area contributed by atoms with Crippen LogP contribution in [-0.4, -0.2) is 23.2 Å². The Morgan fingerprint density at radius 2 is 2.09 bits per heavy atom. The Labute approximate surface area is 136 Å². The molecule has 0 atom stereocenters. The molecule has 4 nitrogen and oxygen atoms in total. The first-order valence-corrected chi connectivity index (χ1v) is 7.94. The Bertz CT molecular complexity index is 612. The quantitative estimate of drug-likeness (QED) is 0.788. The number of aromatic nitrogens is 1. The van der Waals surface area contributed by atoms with Gasteiger partial charge in [0.05, 0.1) is 6.61 Å². The van der Waals surface area contributed by atoms with E-state index in [1.807, 2.05) is 5.38 Å². The zero-order valence-corrected chi connectivity index (χ0v) is 13.5. The van der Waals surface area contributed by atoms with E-state index >= 15 is 0 Å². The third-order valence-corrected chi connectivity index (χ3v) is 3.67. The summed E-state index contributed by atoms with van der Waals surface area (Å²) in [4.78, 5) is 4.02. The molecule has 1 aromatic heterocycles. The molecule has 118 valence electrons. The van der Waals surface area contributed by atoms with Crippen LogP contribution in [0.25, 0.3) is 0 Å². The molecule has 0 unspecified atom stereocenters. The lowest BCUT2D eigenvalue weighted by atomic mass is 10.1. The summed E-state index contributed by atoms with van der Waals surface area (Å²) in [6.07, 6.45) is 1.82. The minimum absolute atomic E-state index is 0.00741. The van der Waals surface area contributed by atoms with Crippen LogP contribution in [-0.2, 0) is 6.42 Å². The molecule has 0 fully saturated rings. The molecule has 8 heteroatoms. The molecule has 0 aliphatic carbocycles. The highest BCUT2D eigenvalue weighted by atomic mass is 32.1. The molecule has 0 saturated heterocycles. The van der Waals surface area contributed by atoms with Gasteiger partial charge in [0.1, 0.15) is 17.4 Å². The summed E-state index contributed by atoms with van der Waals surface area (Å²) in [5.74, 6) is -1.05. The predicted octanol–water partition coefficient (Wildman–Crippen LogP) is 3.35. The van der Waals surface area contributed by atoms with E-state index in [9.17, 15) is 8.78 Å². The first kappa shape index (κ1) is 16.6. The van der Waals surface area contributed by atoms with Crippen molar-refractivity contribution in [2.75, 3.05) is 18.5 Å². The average molecular weight is 343 g/mol. The summed E-state index contributed by atoms with van der Waals surface area (Å²) in [5, 5.41) is 8.61. The van der Waals surface area contributed by atoms with Gasteiger partial charge in [-0.2, -0.15) is 0 Å². The van der Waals surface area contributed by atoms with Crippen molar-refractivity contribution in [3.8, 4) is 5.75 Å². The second-order valence-electron chi connectivity index (χ2n) is 4.27. The van der Waals surface area contributed by atoms with Crippen LogP contribution in [0.1, 0.15) is 12.5 Å². The zero-order valence-electron chi connectivity index (χ0n) is 11.9. The van der Waals surface area contributed by atoms with Crippen molar-refractivity contribution >= 4 is 33.8 Å². The van der Waals surface area contributed by atoms with E-state index in [4.69, 9.17) is 17.0 Å². The van der Waals surface area contributed by atoms with Gasteiger partial charge in [-0.25, -0.2) is 13.8 Å². The second kappa shape index (κ2) is 8.00. The molecule has 2 aromatic rings. The van der Waals surface area contributed by atoms with Crippen molar-refractivity contribution in [2.45, 2.75) is 13.3 Å². The SMILES string of the molecule is CCOc1cc(F)c(CCNC(=S)Nc2nccs2)c(F)c1. The van der Waals surface area contributed by atoms with E-state index in [-0.39, 0.29) is 17.7 Å². The normalized spacial score (nSPS) is 10.3. The Morgan fingerprint density at radius 1 is 1.36 bits per heavy atom. The van der Waals surface area contributed by atoms with Gasteiger partial charge < -0.3 is 15.4 Å². The number of thiocarbonyl (C=S) groups is 1. The largest absolute Gasteiger partial charge is 0.494 e. The van der Waals surface area contributed by atoms with Crippen molar-refractivity contribution < 1.29 is 13.5 Å². The lowest BCUT2D eigenvalue weighted by Gasteiger charge is -2.11. The highest BCUT2D eigenvalue weighted by Crippen LogP contribution is 2.21. The Kier molecular flexibility index (Phi) is 6.02. The lowest BCUT2D eigenvalue weighted by Crippen LogP contribution is -2.30. The van der Waals surface area contributed by atoms with Crippen LogP contribution >= 0.6 is 23.6 Å².